The minimum Gasteiger partial charge on any atom is -0.395 e. The van der Waals surface area contributed by atoms with Crippen LogP contribution in [0.2, 0.25) is 0 Å². The average molecular weight is 309 g/mol. The standard InChI is InChI=1S/C10H11BrF2N2O2/c11-8-2-1-7(5-14-8)10(17)15(3-4-16)6-9(12)13/h1-2,5,9,16H,3-4,6H2. The molecule has 0 aliphatic heterocycles. The zero-order chi connectivity index (χ0) is 12.8. The molecule has 4 nitrogen and oxygen atoms in total. The summed E-state index contributed by atoms with van der Waals surface area (Å²) in [5.74, 6) is -0.570. The Hall–Kier alpha value is -1.08. The number of pyridine rings is 1. The molecule has 0 saturated heterocycles. The molecular formula is C10H11BrF2N2O2. The summed E-state index contributed by atoms with van der Waals surface area (Å²) in [6, 6.07) is 3.03. The van der Waals surface area contributed by atoms with Crippen LogP contribution in [0.4, 0.5) is 8.78 Å². The number of alkyl halides is 2. The number of carbonyl (C=O) groups is 1. The highest BCUT2D eigenvalue weighted by Crippen LogP contribution is 2.10. The Morgan fingerprint density at radius 1 is 1.53 bits per heavy atom. The van der Waals surface area contributed by atoms with Crippen LogP contribution in [0.25, 0.3) is 0 Å². The molecule has 0 radical (unpaired) electrons. The molecule has 0 aliphatic carbocycles. The lowest BCUT2D eigenvalue weighted by Gasteiger charge is -2.21. The van der Waals surface area contributed by atoms with E-state index in [0.717, 1.165) is 4.90 Å². The van der Waals surface area contributed by atoms with Crippen LogP contribution in [0.15, 0.2) is 22.9 Å². The van der Waals surface area contributed by atoms with E-state index in [0.29, 0.717) is 4.60 Å². The summed E-state index contributed by atoms with van der Waals surface area (Å²) >= 11 is 3.11. The molecule has 0 saturated carbocycles. The van der Waals surface area contributed by atoms with Crippen molar-refractivity contribution in [3.63, 3.8) is 0 Å². The molecule has 1 N–H and O–H groups in total. The van der Waals surface area contributed by atoms with Crippen LogP contribution in [-0.4, -0.2) is 47.0 Å². The fourth-order valence-corrected chi connectivity index (χ4v) is 1.48. The van der Waals surface area contributed by atoms with E-state index in [4.69, 9.17) is 5.11 Å². The van der Waals surface area contributed by atoms with Crippen LogP contribution in [0.5, 0.6) is 0 Å². The van der Waals surface area contributed by atoms with Crippen molar-refractivity contribution in [3.05, 3.63) is 28.5 Å². The molecule has 1 heterocycles. The fraction of sp³-hybridized carbons (Fsp3) is 0.400. The van der Waals surface area contributed by atoms with Gasteiger partial charge in [0.2, 0.25) is 0 Å². The summed E-state index contributed by atoms with van der Waals surface area (Å²) in [5.41, 5.74) is 0.210. The minimum atomic E-state index is -2.63. The van der Waals surface area contributed by atoms with Crippen LogP contribution in [0, 0.1) is 0 Å². The maximum atomic E-state index is 12.2. The number of aromatic nitrogens is 1. The van der Waals surface area contributed by atoms with E-state index in [9.17, 15) is 13.6 Å². The summed E-state index contributed by atoms with van der Waals surface area (Å²) < 4.78 is 25.1. The first kappa shape index (κ1) is 14.0. The highest BCUT2D eigenvalue weighted by atomic mass is 79.9. The number of carbonyl (C=O) groups excluding carboxylic acids is 1. The van der Waals surface area contributed by atoms with Gasteiger partial charge in [0.15, 0.2) is 0 Å². The molecule has 0 aliphatic rings. The molecule has 94 valence electrons. The van der Waals surface area contributed by atoms with Gasteiger partial charge in [-0.3, -0.25) is 4.79 Å². The van der Waals surface area contributed by atoms with E-state index < -0.39 is 18.9 Å². The van der Waals surface area contributed by atoms with Crippen LogP contribution in [0.3, 0.4) is 0 Å². The van der Waals surface area contributed by atoms with Crippen molar-refractivity contribution >= 4 is 21.8 Å². The van der Waals surface area contributed by atoms with Gasteiger partial charge in [0.1, 0.15) is 4.60 Å². The molecule has 0 unspecified atom stereocenters. The molecule has 0 bridgehead atoms. The van der Waals surface area contributed by atoms with Gasteiger partial charge in [-0.25, -0.2) is 13.8 Å². The lowest BCUT2D eigenvalue weighted by molar-refractivity contribution is 0.0509. The second kappa shape index (κ2) is 6.61. The average Bonchev–Trinajstić information content (AvgIpc) is 2.28. The van der Waals surface area contributed by atoms with Gasteiger partial charge in [-0.05, 0) is 28.1 Å². The van der Waals surface area contributed by atoms with E-state index in [1.54, 1.807) is 6.07 Å². The zero-order valence-corrected chi connectivity index (χ0v) is 10.4. The highest BCUT2D eigenvalue weighted by molar-refractivity contribution is 9.10. The van der Waals surface area contributed by atoms with E-state index in [2.05, 4.69) is 20.9 Å². The molecule has 1 aromatic rings. The summed E-state index contributed by atoms with van der Waals surface area (Å²) in [7, 11) is 0. The molecule has 0 aromatic carbocycles. The lowest BCUT2D eigenvalue weighted by Crippen LogP contribution is -2.37. The Bertz CT molecular complexity index is 373. The Labute approximate surface area is 105 Å². The van der Waals surface area contributed by atoms with Crippen molar-refractivity contribution in [1.82, 2.24) is 9.88 Å². The number of rotatable bonds is 5. The Kier molecular flexibility index (Phi) is 5.43. The van der Waals surface area contributed by atoms with Gasteiger partial charge in [0, 0.05) is 12.7 Å². The molecule has 0 fully saturated rings. The Morgan fingerprint density at radius 3 is 2.71 bits per heavy atom. The van der Waals surface area contributed by atoms with Gasteiger partial charge >= 0.3 is 0 Å². The summed E-state index contributed by atoms with van der Waals surface area (Å²) in [4.78, 5) is 16.5. The lowest BCUT2D eigenvalue weighted by atomic mass is 10.2. The van der Waals surface area contributed by atoms with E-state index in [1.165, 1.54) is 12.3 Å². The second-order valence-corrected chi connectivity index (χ2v) is 4.05. The van der Waals surface area contributed by atoms with Crippen LogP contribution in [-0.2, 0) is 0 Å². The van der Waals surface area contributed by atoms with E-state index >= 15 is 0 Å². The first-order valence-electron chi connectivity index (χ1n) is 4.84. The summed E-state index contributed by atoms with van der Waals surface area (Å²) in [6.07, 6.45) is -1.34. The summed E-state index contributed by atoms with van der Waals surface area (Å²) in [6.45, 7) is -1.18. The van der Waals surface area contributed by atoms with Gasteiger partial charge in [-0.15, -0.1) is 0 Å². The highest BCUT2D eigenvalue weighted by Gasteiger charge is 2.19. The number of hydrogen-bond acceptors (Lipinski definition) is 3. The van der Waals surface area contributed by atoms with Crippen LogP contribution < -0.4 is 0 Å². The van der Waals surface area contributed by atoms with Gasteiger partial charge in [0.05, 0.1) is 18.7 Å². The molecule has 1 rings (SSSR count). The van der Waals surface area contributed by atoms with Crippen LogP contribution >= 0.6 is 15.9 Å². The molecule has 7 heteroatoms. The third kappa shape index (κ3) is 4.35. The quantitative estimate of drug-likeness (QED) is 0.840. The zero-order valence-electron chi connectivity index (χ0n) is 8.81. The molecule has 0 spiro atoms. The maximum absolute atomic E-state index is 12.2. The molecule has 1 aromatic heterocycles. The van der Waals surface area contributed by atoms with Crippen molar-refractivity contribution in [2.75, 3.05) is 19.7 Å². The van der Waals surface area contributed by atoms with Gasteiger partial charge < -0.3 is 10.0 Å². The number of hydrogen-bond donors (Lipinski definition) is 1. The normalized spacial score (nSPS) is 10.6. The van der Waals surface area contributed by atoms with Crippen molar-refractivity contribution in [3.8, 4) is 0 Å². The minimum absolute atomic E-state index is 0.126. The first-order valence-corrected chi connectivity index (χ1v) is 5.63. The maximum Gasteiger partial charge on any atom is 0.255 e. The number of amides is 1. The number of nitrogens with zero attached hydrogens (tertiary/aromatic N) is 2. The number of aliphatic hydroxyl groups is 1. The van der Waals surface area contributed by atoms with Crippen molar-refractivity contribution in [2.45, 2.75) is 6.43 Å². The van der Waals surface area contributed by atoms with Gasteiger partial charge in [-0.1, -0.05) is 0 Å². The topological polar surface area (TPSA) is 53.4 Å². The monoisotopic (exact) mass is 308 g/mol. The second-order valence-electron chi connectivity index (χ2n) is 3.24. The van der Waals surface area contributed by atoms with Crippen molar-refractivity contribution < 1.29 is 18.7 Å². The fourth-order valence-electron chi connectivity index (χ4n) is 1.25. The number of halogens is 3. The van der Waals surface area contributed by atoms with Gasteiger partial charge in [-0.2, -0.15) is 0 Å². The molecule has 1 amide bonds. The largest absolute Gasteiger partial charge is 0.395 e. The van der Waals surface area contributed by atoms with Crippen LogP contribution in [0.1, 0.15) is 10.4 Å². The SMILES string of the molecule is O=C(c1ccc(Br)nc1)N(CCO)CC(F)F. The van der Waals surface area contributed by atoms with E-state index in [1.807, 2.05) is 0 Å². The molecule has 0 atom stereocenters. The Morgan fingerprint density at radius 2 is 2.24 bits per heavy atom. The number of aliphatic hydroxyl groups excluding tert-OH is 1. The predicted molar refractivity (Wildman–Crippen MR) is 60.9 cm³/mol. The molecular weight excluding hydrogens is 298 g/mol. The van der Waals surface area contributed by atoms with E-state index in [-0.39, 0.29) is 18.7 Å². The van der Waals surface area contributed by atoms with Crippen molar-refractivity contribution in [2.24, 2.45) is 0 Å². The third-order valence-electron chi connectivity index (χ3n) is 1.99. The van der Waals surface area contributed by atoms with Gasteiger partial charge in [0.25, 0.3) is 12.3 Å². The smallest absolute Gasteiger partial charge is 0.255 e. The third-order valence-corrected chi connectivity index (χ3v) is 2.46. The van der Waals surface area contributed by atoms with Crippen molar-refractivity contribution in [1.29, 1.82) is 0 Å². The Balaban J connectivity index is 2.79. The predicted octanol–water partition coefficient (Wildman–Crippen LogP) is 1.54. The molecule has 17 heavy (non-hydrogen) atoms. The summed E-state index contributed by atoms with van der Waals surface area (Å²) in [5, 5.41) is 8.73. The first-order chi connectivity index (χ1) is 8.04.